The summed E-state index contributed by atoms with van der Waals surface area (Å²) in [4.78, 5) is 14.3. The minimum atomic E-state index is -4.47. The van der Waals surface area contributed by atoms with E-state index in [9.17, 15) is 18.0 Å². The van der Waals surface area contributed by atoms with E-state index in [2.05, 4.69) is 5.32 Å². The SMILES string of the molecule is Cc1ccc(CSCC(=O)Nc2cc(C(F)(F)F)ccc2N2CCOCC2)cc1. The van der Waals surface area contributed by atoms with E-state index in [4.69, 9.17) is 4.74 Å². The number of halogens is 3. The molecular formula is C21H23F3N2O2S. The molecule has 1 saturated heterocycles. The van der Waals surface area contributed by atoms with Crippen LogP contribution in [0.2, 0.25) is 0 Å². The number of carbonyl (C=O) groups is 1. The van der Waals surface area contributed by atoms with Gasteiger partial charge in [-0.15, -0.1) is 11.8 Å². The molecule has 0 aromatic heterocycles. The van der Waals surface area contributed by atoms with Crippen LogP contribution in [0.3, 0.4) is 0 Å². The van der Waals surface area contributed by atoms with Gasteiger partial charge in [-0.3, -0.25) is 4.79 Å². The third-order valence-electron chi connectivity index (χ3n) is 4.57. The van der Waals surface area contributed by atoms with E-state index in [1.54, 1.807) is 0 Å². The molecule has 8 heteroatoms. The average molecular weight is 424 g/mol. The van der Waals surface area contributed by atoms with Crippen molar-refractivity contribution in [3.8, 4) is 0 Å². The third kappa shape index (κ3) is 6.14. The molecule has 4 nitrogen and oxygen atoms in total. The van der Waals surface area contributed by atoms with E-state index in [0.717, 1.165) is 23.3 Å². The highest BCUT2D eigenvalue weighted by Gasteiger charge is 2.31. The number of amides is 1. The molecule has 0 radical (unpaired) electrons. The fourth-order valence-electron chi connectivity index (χ4n) is 3.02. The van der Waals surface area contributed by atoms with E-state index < -0.39 is 11.7 Å². The zero-order valence-electron chi connectivity index (χ0n) is 16.1. The van der Waals surface area contributed by atoms with Crippen LogP contribution in [0.5, 0.6) is 0 Å². The Balaban J connectivity index is 1.67. The normalized spacial score (nSPS) is 14.7. The largest absolute Gasteiger partial charge is 0.416 e. The maximum absolute atomic E-state index is 13.1. The van der Waals surface area contributed by atoms with Crippen molar-refractivity contribution in [2.45, 2.75) is 18.9 Å². The van der Waals surface area contributed by atoms with Gasteiger partial charge in [0.05, 0.1) is 35.9 Å². The highest BCUT2D eigenvalue weighted by atomic mass is 32.2. The van der Waals surface area contributed by atoms with E-state index in [-0.39, 0.29) is 17.3 Å². The van der Waals surface area contributed by atoms with Crippen LogP contribution in [0.15, 0.2) is 42.5 Å². The van der Waals surface area contributed by atoms with Crippen molar-refractivity contribution in [1.29, 1.82) is 0 Å². The maximum Gasteiger partial charge on any atom is 0.416 e. The Morgan fingerprint density at radius 1 is 1.14 bits per heavy atom. The van der Waals surface area contributed by atoms with Gasteiger partial charge in [0.2, 0.25) is 5.91 Å². The van der Waals surface area contributed by atoms with Gasteiger partial charge >= 0.3 is 6.18 Å². The fourth-order valence-corrected chi connectivity index (χ4v) is 3.81. The van der Waals surface area contributed by atoms with Crippen LogP contribution in [0.25, 0.3) is 0 Å². The first-order valence-electron chi connectivity index (χ1n) is 9.30. The Labute approximate surface area is 172 Å². The van der Waals surface area contributed by atoms with Gasteiger partial charge in [-0.2, -0.15) is 13.2 Å². The Kier molecular flexibility index (Phi) is 7.08. The molecule has 29 heavy (non-hydrogen) atoms. The number of nitrogens with one attached hydrogen (secondary N) is 1. The number of carbonyl (C=O) groups excluding carboxylic acids is 1. The zero-order valence-corrected chi connectivity index (χ0v) is 16.9. The Morgan fingerprint density at radius 2 is 1.83 bits per heavy atom. The van der Waals surface area contributed by atoms with Gasteiger partial charge in [-0.05, 0) is 30.7 Å². The molecule has 0 unspecified atom stereocenters. The van der Waals surface area contributed by atoms with Crippen molar-refractivity contribution in [1.82, 2.24) is 0 Å². The number of rotatable bonds is 6. The summed E-state index contributed by atoms with van der Waals surface area (Å²) in [5.74, 6) is 0.496. The van der Waals surface area contributed by atoms with Crippen LogP contribution in [0.1, 0.15) is 16.7 Å². The first-order chi connectivity index (χ1) is 13.8. The van der Waals surface area contributed by atoms with Crippen molar-refractivity contribution in [2.75, 3.05) is 42.3 Å². The van der Waals surface area contributed by atoms with Crippen LogP contribution in [0.4, 0.5) is 24.5 Å². The molecule has 1 fully saturated rings. The van der Waals surface area contributed by atoms with Crippen molar-refractivity contribution >= 4 is 29.0 Å². The van der Waals surface area contributed by atoms with Gasteiger partial charge in [-0.25, -0.2) is 0 Å². The molecule has 1 amide bonds. The summed E-state index contributed by atoms with van der Waals surface area (Å²) < 4.78 is 44.8. The van der Waals surface area contributed by atoms with E-state index in [0.29, 0.717) is 37.7 Å². The molecule has 0 spiro atoms. The molecular weight excluding hydrogens is 401 g/mol. The average Bonchev–Trinajstić information content (AvgIpc) is 2.69. The molecule has 3 rings (SSSR count). The second-order valence-corrected chi connectivity index (χ2v) is 7.84. The van der Waals surface area contributed by atoms with E-state index in [1.807, 2.05) is 36.1 Å². The minimum Gasteiger partial charge on any atom is -0.378 e. The summed E-state index contributed by atoms with van der Waals surface area (Å²) >= 11 is 1.42. The van der Waals surface area contributed by atoms with Crippen LogP contribution in [-0.2, 0) is 21.5 Å². The predicted octanol–water partition coefficient (Wildman–Crippen LogP) is 4.72. The topological polar surface area (TPSA) is 41.6 Å². The second-order valence-electron chi connectivity index (χ2n) is 6.86. The lowest BCUT2D eigenvalue weighted by Gasteiger charge is -2.31. The summed E-state index contributed by atoms with van der Waals surface area (Å²) in [5, 5.41) is 2.67. The second kappa shape index (κ2) is 9.54. The van der Waals surface area contributed by atoms with E-state index in [1.165, 1.54) is 17.8 Å². The number of benzene rings is 2. The molecule has 2 aromatic carbocycles. The lowest BCUT2D eigenvalue weighted by atomic mass is 10.1. The summed E-state index contributed by atoms with van der Waals surface area (Å²) in [6.45, 7) is 4.14. The quantitative estimate of drug-likeness (QED) is 0.729. The minimum absolute atomic E-state index is 0.159. The number of hydrogen-bond acceptors (Lipinski definition) is 4. The number of thioether (sulfide) groups is 1. The van der Waals surface area contributed by atoms with Crippen molar-refractivity contribution in [3.63, 3.8) is 0 Å². The van der Waals surface area contributed by atoms with E-state index >= 15 is 0 Å². The zero-order chi connectivity index (χ0) is 20.9. The molecule has 156 valence electrons. The van der Waals surface area contributed by atoms with Crippen LogP contribution < -0.4 is 10.2 Å². The van der Waals surface area contributed by atoms with Gasteiger partial charge in [0, 0.05) is 18.8 Å². The third-order valence-corrected chi connectivity index (χ3v) is 5.58. The first kappa shape index (κ1) is 21.5. The summed E-state index contributed by atoms with van der Waals surface area (Å²) in [6, 6.07) is 11.5. The Bertz CT molecular complexity index is 835. The molecule has 0 atom stereocenters. The first-order valence-corrected chi connectivity index (χ1v) is 10.5. The molecule has 0 bridgehead atoms. The predicted molar refractivity (Wildman–Crippen MR) is 110 cm³/mol. The summed E-state index contributed by atoms with van der Waals surface area (Å²) in [5.41, 5.74) is 2.25. The summed E-state index contributed by atoms with van der Waals surface area (Å²) in [6.07, 6.45) is -4.47. The standard InChI is InChI=1S/C21H23F3N2O2S/c1-15-2-4-16(5-3-15)13-29-14-20(27)25-18-12-17(21(22,23)24)6-7-19(18)26-8-10-28-11-9-26/h2-7,12H,8-11,13-14H2,1H3,(H,25,27). The highest BCUT2D eigenvalue weighted by Crippen LogP contribution is 2.35. The number of alkyl halides is 3. The number of aryl methyl sites for hydroxylation is 1. The van der Waals surface area contributed by atoms with Crippen molar-refractivity contribution in [3.05, 3.63) is 59.2 Å². The molecule has 1 N–H and O–H groups in total. The van der Waals surface area contributed by atoms with Crippen molar-refractivity contribution < 1.29 is 22.7 Å². The highest BCUT2D eigenvalue weighted by molar-refractivity contribution is 7.99. The Hall–Kier alpha value is -2.19. The van der Waals surface area contributed by atoms with Gasteiger partial charge in [-0.1, -0.05) is 29.8 Å². The molecule has 0 saturated carbocycles. The van der Waals surface area contributed by atoms with Gasteiger partial charge in [0.25, 0.3) is 0 Å². The smallest absolute Gasteiger partial charge is 0.378 e. The summed E-state index contributed by atoms with van der Waals surface area (Å²) in [7, 11) is 0. The maximum atomic E-state index is 13.1. The fraction of sp³-hybridized carbons (Fsp3) is 0.381. The van der Waals surface area contributed by atoms with Gasteiger partial charge in [0.1, 0.15) is 0 Å². The van der Waals surface area contributed by atoms with Crippen molar-refractivity contribution in [2.24, 2.45) is 0 Å². The Morgan fingerprint density at radius 3 is 2.48 bits per heavy atom. The lowest BCUT2D eigenvalue weighted by molar-refractivity contribution is -0.137. The number of morpholine rings is 1. The number of ether oxygens (including phenoxy) is 1. The molecule has 0 aliphatic carbocycles. The van der Waals surface area contributed by atoms with Crippen LogP contribution >= 0.6 is 11.8 Å². The molecule has 1 aliphatic heterocycles. The molecule has 1 heterocycles. The molecule has 2 aromatic rings. The number of anilines is 2. The van der Waals surface area contributed by atoms with Gasteiger partial charge < -0.3 is 15.0 Å². The number of nitrogens with zero attached hydrogens (tertiary/aromatic N) is 1. The lowest BCUT2D eigenvalue weighted by Crippen LogP contribution is -2.37. The van der Waals surface area contributed by atoms with Gasteiger partial charge in [0.15, 0.2) is 0 Å². The molecule has 1 aliphatic rings. The monoisotopic (exact) mass is 424 g/mol. The van der Waals surface area contributed by atoms with Crippen LogP contribution in [0, 0.1) is 6.92 Å². The number of hydrogen-bond donors (Lipinski definition) is 1. The van der Waals surface area contributed by atoms with Crippen LogP contribution in [-0.4, -0.2) is 38.0 Å².